The lowest BCUT2D eigenvalue weighted by molar-refractivity contribution is -0.384. The minimum absolute atomic E-state index is 0.0665. The molecule has 1 aliphatic heterocycles. The molecule has 0 saturated carbocycles. The van der Waals surface area contributed by atoms with E-state index in [2.05, 4.69) is 0 Å². The van der Waals surface area contributed by atoms with Crippen molar-refractivity contribution in [1.82, 2.24) is 0 Å². The van der Waals surface area contributed by atoms with Crippen LogP contribution in [0.4, 0.5) is 11.4 Å². The Labute approximate surface area is 118 Å². The van der Waals surface area contributed by atoms with Gasteiger partial charge in [0.2, 0.25) is 10.0 Å². The number of nitro groups is 1. The van der Waals surface area contributed by atoms with Gasteiger partial charge in [0.05, 0.1) is 10.6 Å². The molecule has 1 aliphatic rings. The van der Waals surface area contributed by atoms with Crippen LogP contribution < -0.4 is 4.31 Å². The molecule has 0 aliphatic carbocycles. The highest BCUT2D eigenvalue weighted by molar-refractivity contribution is 7.94. The quantitative estimate of drug-likeness (QED) is 0.632. The predicted octanol–water partition coefficient (Wildman–Crippen LogP) is 2.78. The highest BCUT2D eigenvalue weighted by atomic mass is 32.2. The topological polar surface area (TPSA) is 80.5 Å². The predicted molar refractivity (Wildman–Crippen MR) is 77.3 cm³/mol. The number of anilines is 1. The smallest absolute Gasteiger partial charge is 0.269 e. The Bertz CT molecular complexity index is 650. The summed E-state index contributed by atoms with van der Waals surface area (Å²) >= 11 is 0. The van der Waals surface area contributed by atoms with Crippen LogP contribution in [0, 0.1) is 10.1 Å². The lowest BCUT2D eigenvalue weighted by Crippen LogP contribution is -2.39. The molecule has 0 aromatic heterocycles. The second-order valence-electron chi connectivity index (χ2n) is 4.83. The van der Waals surface area contributed by atoms with Crippen molar-refractivity contribution in [2.24, 2.45) is 0 Å². The summed E-state index contributed by atoms with van der Waals surface area (Å²) in [6, 6.07) is 4.32. The molecular weight excluding hydrogens is 280 g/mol. The van der Waals surface area contributed by atoms with Crippen LogP contribution in [-0.4, -0.2) is 19.9 Å². The van der Waals surface area contributed by atoms with Gasteiger partial charge >= 0.3 is 0 Å². The van der Waals surface area contributed by atoms with Crippen LogP contribution in [0.5, 0.6) is 0 Å². The Balaban J connectivity index is 2.80. The maximum Gasteiger partial charge on any atom is 0.269 e. The largest absolute Gasteiger partial charge is 0.269 e. The van der Waals surface area contributed by atoms with E-state index in [0.29, 0.717) is 30.6 Å². The zero-order valence-electron chi connectivity index (χ0n) is 11.8. The first kappa shape index (κ1) is 14.8. The summed E-state index contributed by atoms with van der Waals surface area (Å²) in [5.41, 5.74) is 1.06. The molecule has 1 heterocycles. The van der Waals surface area contributed by atoms with E-state index in [9.17, 15) is 18.5 Å². The molecule has 0 saturated heterocycles. The minimum atomic E-state index is -3.53. The van der Waals surface area contributed by atoms with Crippen LogP contribution in [0.3, 0.4) is 0 Å². The molecule has 6 nitrogen and oxygen atoms in total. The van der Waals surface area contributed by atoms with E-state index in [-0.39, 0.29) is 5.69 Å². The van der Waals surface area contributed by atoms with E-state index in [4.69, 9.17) is 0 Å². The average Bonchev–Trinajstić information content (AvgIpc) is 2.60. The molecule has 0 atom stereocenters. The Morgan fingerprint density at radius 2 is 1.85 bits per heavy atom. The molecule has 2 rings (SSSR count). The SMILES string of the molecule is CCN1c2ccc([N+](=O)[O-])cc2C(CC)(CC)S1(=O)=O. The standard InChI is InChI=1S/C13H18N2O4S/c1-4-13(5-2)11-9-10(15(16)17)7-8-12(11)14(6-3)20(13,18)19/h7-9H,4-6H2,1-3H3. The third-order valence-corrected chi connectivity index (χ3v) is 6.98. The first-order valence-corrected chi connectivity index (χ1v) is 8.11. The molecular formula is C13H18N2O4S. The number of hydrogen-bond donors (Lipinski definition) is 0. The number of nitrogens with zero attached hydrogens (tertiary/aromatic N) is 2. The van der Waals surface area contributed by atoms with E-state index in [1.54, 1.807) is 13.0 Å². The summed E-state index contributed by atoms with van der Waals surface area (Å²) in [4.78, 5) is 10.5. The van der Waals surface area contributed by atoms with Crippen LogP contribution in [-0.2, 0) is 14.8 Å². The van der Waals surface area contributed by atoms with Gasteiger partial charge in [-0.05, 0) is 25.8 Å². The number of sulfonamides is 1. The van der Waals surface area contributed by atoms with Crippen molar-refractivity contribution in [3.8, 4) is 0 Å². The third kappa shape index (κ3) is 1.65. The molecule has 1 aromatic carbocycles. The third-order valence-electron chi connectivity index (χ3n) is 4.16. The van der Waals surface area contributed by atoms with E-state index in [1.807, 2.05) is 13.8 Å². The number of rotatable bonds is 4. The van der Waals surface area contributed by atoms with Crippen LogP contribution >= 0.6 is 0 Å². The molecule has 0 spiro atoms. The van der Waals surface area contributed by atoms with Crippen LogP contribution in [0.25, 0.3) is 0 Å². The highest BCUT2D eigenvalue weighted by Gasteiger charge is 2.53. The highest BCUT2D eigenvalue weighted by Crippen LogP contribution is 2.51. The van der Waals surface area contributed by atoms with Gasteiger partial charge in [0, 0.05) is 24.2 Å². The molecule has 0 N–H and O–H groups in total. The fourth-order valence-corrected chi connectivity index (χ4v) is 5.39. The second-order valence-corrected chi connectivity index (χ2v) is 7.00. The maximum absolute atomic E-state index is 12.8. The normalized spacial score (nSPS) is 18.9. The van der Waals surface area contributed by atoms with Gasteiger partial charge in [0.1, 0.15) is 4.75 Å². The minimum Gasteiger partial charge on any atom is -0.269 e. The van der Waals surface area contributed by atoms with Gasteiger partial charge in [-0.2, -0.15) is 0 Å². The summed E-state index contributed by atoms with van der Waals surface area (Å²) in [7, 11) is -3.53. The summed E-state index contributed by atoms with van der Waals surface area (Å²) < 4.78 is 25.9. The van der Waals surface area contributed by atoms with Crippen molar-refractivity contribution < 1.29 is 13.3 Å². The Morgan fingerprint density at radius 3 is 2.30 bits per heavy atom. The Morgan fingerprint density at radius 1 is 1.25 bits per heavy atom. The van der Waals surface area contributed by atoms with Gasteiger partial charge < -0.3 is 0 Å². The van der Waals surface area contributed by atoms with E-state index < -0.39 is 19.7 Å². The lowest BCUT2D eigenvalue weighted by Gasteiger charge is -2.27. The van der Waals surface area contributed by atoms with Crippen molar-refractivity contribution >= 4 is 21.4 Å². The molecule has 20 heavy (non-hydrogen) atoms. The summed E-state index contributed by atoms with van der Waals surface area (Å²) in [6.07, 6.45) is 0.799. The van der Waals surface area contributed by atoms with Crippen molar-refractivity contribution in [2.45, 2.75) is 38.4 Å². The van der Waals surface area contributed by atoms with Crippen molar-refractivity contribution in [3.05, 3.63) is 33.9 Å². The number of non-ortho nitro benzene ring substituents is 1. The van der Waals surface area contributed by atoms with E-state index in [1.165, 1.54) is 16.4 Å². The Kier molecular flexibility index (Phi) is 3.49. The van der Waals surface area contributed by atoms with Gasteiger partial charge in [0.25, 0.3) is 5.69 Å². The second kappa shape index (κ2) is 4.73. The van der Waals surface area contributed by atoms with Gasteiger partial charge in [0.15, 0.2) is 0 Å². The van der Waals surface area contributed by atoms with Gasteiger partial charge in [-0.1, -0.05) is 13.8 Å². The number of nitro benzene ring substituents is 1. The monoisotopic (exact) mass is 298 g/mol. The fourth-order valence-electron chi connectivity index (χ4n) is 3.04. The van der Waals surface area contributed by atoms with Crippen molar-refractivity contribution in [3.63, 3.8) is 0 Å². The average molecular weight is 298 g/mol. The number of benzene rings is 1. The van der Waals surface area contributed by atoms with Crippen LogP contribution in [0.15, 0.2) is 18.2 Å². The lowest BCUT2D eigenvalue weighted by atomic mass is 9.91. The Hall–Kier alpha value is -1.63. The summed E-state index contributed by atoms with van der Waals surface area (Å²) in [5, 5.41) is 10.9. The zero-order valence-corrected chi connectivity index (χ0v) is 12.6. The van der Waals surface area contributed by atoms with Crippen molar-refractivity contribution in [2.75, 3.05) is 10.8 Å². The van der Waals surface area contributed by atoms with Crippen LogP contribution in [0.2, 0.25) is 0 Å². The first-order chi connectivity index (χ1) is 9.35. The van der Waals surface area contributed by atoms with Gasteiger partial charge in [-0.25, -0.2) is 8.42 Å². The first-order valence-electron chi connectivity index (χ1n) is 6.67. The molecule has 110 valence electrons. The molecule has 7 heteroatoms. The zero-order chi connectivity index (χ0) is 15.1. The molecule has 0 unspecified atom stereocenters. The number of hydrogen-bond acceptors (Lipinski definition) is 4. The van der Waals surface area contributed by atoms with E-state index in [0.717, 1.165) is 0 Å². The molecule has 0 bridgehead atoms. The van der Waals surface area contributed by atoms with E-state index >= 15 is 0 Å². The molecule has 1 aromatic rings. The molecule has 0 amide bonds. The fraction of sp³-hybridized carbons (Fsp3) is 0.538. The maximum atomic E-state index is 12.8. The van der Waals surface area contributed by atoms with Crippen molar-refractivity contribution in [1.29, 1.82) is 0 Å². The number of fused-ring (bicyclic) bond motifs is 1. The molecule has 0 radical (unpaired) electrons. The van der Waals surface area contributed by atoms with Gasteiger partial charge in [-0.3, -0.25) is 14.4 Å². The molecule has 0 fully saturated rings. The summed E-state index contributed by atoms with van der Waals surface area (Å²) in [6.45, 7) is 5.71. The van der Waals surface area contributed by atoms with Gasteiger partial charge in [-0.15, -0.1) is 0 Å². The van der Waals surface area contributed by atoms with Crippen LogP contribution in [0.1, 0.15) is 39.2 Å². The summed E-state index contributed by atoms with van der Waals surface area (Å²) in [5.74, 6) is 0.